The van der Waals surface area contributed by atoms with E-state index in [0.29, 0.717) is 12.1 Å². The van der Waals surface area contributed by atoms with E-state index in [-0.39, 0.29) is 6.61 Å². The number of aliphatic hydroxyl groups is 1. The number of nitrogens with zero attached hydrogens (tertiary/aromatic N) is 2. The fraction of sp³-hybridized carbons (Fsp3) is 0.211. The second-order valence-corrected chi connectivity index (χ2v) is 4.79. The molecule has 0 atom stereocenters. The first-order valence-electron chi connectivity index (χ1n) is 7.25. The molecule has 2 aromatic rings. The minimum absolute atomic E-state index is 0.147. The van der Waals surface area contributed by atoms with Crippen molar-refractivity contribution in [3.63, 3.8) is 0 Å². The molecule has 0 saturated carbocycles. The largest absolute Gasteiger partial charge is 0.395 e. The molecule has 0 heterocycles. The van der Waals surface area contributed by atoms with E-state index in [0.717, 1.165) is 23.4 Å². The van der Waals surface area contributed by atoms with Gasteiger partial charge in [0.05, 0.1) is 18.2 Å². The quantitative estimate of drug-likeness (QED) is 0.881. The van der Waals surface area contributed by atoms with Gasteiger partial charge in [-0.3, -0.25) is 0 Å². The molecule has 0 radical (unpaired) electrons. The summed E-state index contributed by atoms with van der Waals surface area (Å²) in [5, 5.41) is 17.8. The number of aliphatic hydroxyl groups excluding tert-OH is 1. The highest BCUT2D eigenvalue weighted by Gasteiger charge is 2.02. The van der Waals surface area contributed by atoms with Crippen molar-refractivity contribution in [2.24, 2.45) is 0 Å². The maximum absolute atomic E-state index is 9.05. The fourth-order valence-electron chi connectivity index (χ4n) is 2.12. The van der Waals surface area contributed by atoms with Crippen molar-refractivity contribution in [1.82, 2.24) is 0 Å². The Morgan fingerprint density at radius 2 is 1.41 bits per heavy atom. The van der Waals surface area contributed by atoms with Crippen molar-refractivity contribution in [2.75, 3.05) is 24.6 Å². The lowest BCUT2D eigenvalue weighted by molar-refractivity contribution is 0.302. The Hall–Kier alpha value is -2.75. The third kappa shape index (κ3) is 4.12. The van der Waals surface area contributed by atoms with E-state index in [2.05, 4.69) is 29.7 Å². The van der Waals surface area contributed by atoms with Crippen LogP contribution in [-0.4, -0.2) is 24.8 Å². The molecular weight excluding hydrogens is 272 g/mol. The lowest BCUT2D eigenvalue weighted by Gasteiger charge is -2.21. The average Bonchev–Trinajstić information content (AvgIpc) is 2.59. The summed E-state index contributed by atoms with van der Waals surface area (Å²) in [7, 11) is 0. The molecule has 22 heavy (non-hydrogen) atoms. The van der Waals surface area contributed by atoms with Crippen LogP contribution in [0.1, 0.15) is 23.6 Å². The zero-order valence-corrected chi connectivity index (χ0v) is 12.6. The lowest BCUT2D eigenvalue weighted by Crippen LogP contribution is -2.25. The molecule has 2 rings (SSSR count). The van der Waals surface area contributed by atoms with Crippen LogP contribution in [0.4, 0.5) is 5.69 Å². The van der Waals surface area contributed by atoms with Crippen LogP contribution in [0, 0.1) is 23.2 Å². The Morgan fingerprint density at radius 1 is 0.909 bits per heavy atom. The second kappa shape index (κ2) is 7.88. The van der Waals surface area contributed by atoms with Gasteiger partial charge < -0.3 is 10.0 Å². The van der Waals surface area contributed by atoms with Gasteiger partial charge in [0.2, 0.25) is 0 Å². The monoisotopic (exact) mass is 290 g/mol. The Kier molecular flexibility index (Phi) is 5.60. The Balaban J connectivity index is 2.11. The third-order valence-electron chi connectivity index (χ3n) is 3.35. The van der Waals surface area contributed by atoms with Crippen molar-refractivity contribution in [3.8, 4) is 17.9 Å². The van der Waals surface area contributed by atoms with Crippen LogP contribution in [0.5, 0.6) is 0 Å². The molecule has 1 N–H and O–H groups in total. The van der Waals surface area contributed by atoms with Gasteiger partial charge in [-0.15, -0.1) is 0 Å². The summed E-state index contributed by atoms with van der Waals surface area (Å²) in [6.45, 7) is 3.70. The number of anilines is 1. The maximum atomic E-state index is 9.05. The topological polar surface area (TPSA) is 47.3 Å². The smallest absolute Gasteiger partial charge is 0.0991 e. The predicted molar refractivity (Wildman–Crippen MR) is 88.6 cm³/mol. The van der Waals surface area contributed by atoms with Crippen LogP contribution in [0.15, 0.2) is 48.5 Å². The first kappa shape index (κ1) is 15.6. The first-order chi connectivity index (χ1) is 10.8. The molecule has 0 aliphatic rings. The number of hydrogen-bond acceptors (Lipinski definition) is 3. The Bertz CT molecular complexity index is 700. The summed E-state index contributed by atoms with van der Waals surface area (Å²) in [6, 6.07) is 17.3. The van der Waals surface area contributed by atoms with E-state index >= 15 is 0 Å². The molecule has 0 aliphatic heterocycles. The van der Waals surface area contributed by atoms with Crippen LogP contribution >= 0.6 is 0 Å². The predicted octanol–water partition coefficient (Wildman–Crippen LogP) is 2.78. The summed E-state index contributed by atoms with van der Waals surface area (Å²) in [6.07, 6.45) is 0. The van der Waals surface area contributed by atoms with E-state index in [1.807, 2.05) is 36.4 Å². The summed E-state index contributed by atoms with van der Waals surface area (Å²) < 4.78 is 0. The van der Waals surface area contributed by atoms with E-state index in [1.54, 1.807) is 12.1 Å². The zero-order chi connectivity index (χ0) is 15.8. The second-order valence-electron chi connectivity index (χ2n) is 4.79. The van der Waals surface area contributed by atoms with Crippen molar-refractivity contribution < 1.29 is 5.11 Å². The summed E-state index contributed by atoms with van der Waals surface area (Å²) in [4.78, 5) is 2.11. The average molecular weight is 290 g/mol. The molecule has 0 aromatic heterocycles. The number of benzene rings is 2. The summed E-state index contributed by atoms with van der Waals surface area (Å²) >= 11 is 0. The van der Waals surface area contributed by atoms with Crippen LogP contribution < -0.4 is 4.90 Å². The lowest BCUT2D eigenvalue weighted by atomic mass is 10.1. The van der Waals surface area contributed by atoms with Gasteiger partial charge in [0.15, 0.2) is 0 Å². The standard InChI is InChI=1S/C19H18N2O/c1-2-21(13-14-22)19-11-9-17(10-12-19)4-3-16-5-7-18(15-20)8-6-16/h5-12,22H,2,13-14H2,1H3. The molecule has 0 unspecified atom stereocenters. The highest BCUT2D eigenvalue weighted by atomic mass is 16.3. The van der Waals surface area contributed by atoms with Crippen LogP contribution in [0.25, 0.3) is 0 Å². The van der Waals surface area contributed by atoms with Crippen molar-refractivity contribution in [3.05, 3.63) is 65.2 Å². The van der Waals surface area contributed by atoms with E-state index in [1.165, 1.54) is 0 Å². The number of hydrogen-bond donors (Lipinski definition) is 1. The van der Waals surface area contributed by atoms with Crippen molar-refractivity contribution in [2.45, 2.75) is 6.92 Å². The first-order valence-corrected chi connectivity index (χ1v) is 7.25. The third-order valence-corrected chi connectivity index (χ3v) is 3.35. The normalized spacial score (nSPS) is 9.50. The van der Waals surface area contributed by atoms with Gasteiger partial charge in [-0.2, -0.15) is 5.26 Å². The minimum Gasteiger partial charge on any atom is -0.395 e. The van der Waals surface area contributed by atoms with Gasteiger partial charge in [0, 0.05) is 29.9 Å². The molecule has 0 aliphatic carbocycles. The molecule has 0 amide bonds. The molecule has 0 saturated heterocycles. The molecule has 0 fully saturated rings. The minimum atomic E-state index is 0.147. The Labute approximate surface area is 131 Å². The van der Waals surface area contributed by atoms with Crippen LogP contribution in [0.2, 0.25) is 0 Å². The molecule has 0 bridgehead atoms. The highest BCUT2D eigenvalue weighted by Crippen LogP contribution is 2.14. The number of likely N-dealkylation sites (N-methyl/N-ethyl adjacent to an activating group) is 1. The van der Waals surface area contributed by atoms with Crippen LogP contribution in [-0.2, 0) is 0 Å². The maximum Gasteiger partial charge on any atom is 0.0991 e. The molecule has 3 heteroatoms. The van der Waals surface area contributed by atoms with E-state index < -0.39 is 0 Å². The number of rotatable bonds is 4. The SMILES string of the molecule is CCN(CCO)c1ccc(C#Cc2ccc(C#N)cc2)cc1. The van der Waals surface area contributed by atoms with Gasteiger partial charge in [0.1, 0.15) is 0 Å². The van der Waals surface area contributed by atoms with Crippen molar-refractivity contribution >= 4 is 5.69 Å². The van der Waals surface area contributed by atoms with Crippen molar-refractivity contribution in [1.29, 1.82) is 5.26 Å². The highest BCUT2D eigenvalue weighted by molar-refractivity contribution is 5.52. The van der Waals surface area contributed by atoms with E-state index in [9.17, 15) is 0 Å². The van der Waals surface area contributed by atoms with Gasteiger partial charge >= 0.3 is 0 Å². The molecular formula is C19H18N2O. The fourth-order valence-corrected chi connectivity index (χ4v) is 2.12. The van der Waals surface area contributed by atoms with Gasteiger partial charge in [-0.1, -0.05) is 11.8 Å². The molecule has 3 nitrogen and oxygen atoms in total. The van der Waals surface area contributed by atoms with Gasteiger partial charge in [0.25, 0.3) is 0 Å². The summed E-state index contributed by atoms with van der Waals surface area (Å²) in [5.41, 5.74) is 3.55. The molecule has 2 aromatic carbocycles. The molecule has 0 spiro atoms. The summed E-state index contributed by atoms with van der Waals surface area (Å²) in [5.74, 6) is 6.20. The van der Waals surface area contributed by atoms with Gasteiger partial charge in [-0.05, 0) is 55.5 Å². The van der Waals surface area contributed by atoms with E-state index in [4.69, 9.17) is 10.4 Å². The zero-order valence-electron chi connectivity index (χ0n) is 12.6. The van der Waals surface area contributed by atoms with Gasteiger partial charge in [-0.25, -0.2) is 0 Å². The number of nitriles is 1. The van der Waals surface area contributed by atoms with Crippen LogP contribution in [0.3, 0.4) is 0 Å². The Morgan fingerprint density at radius 3 is 1.86 bits per heavy atom. The molecule has 110 valence electrons.